The van der Waals surface area contributed by atoms with Crippen molar-refractivity contribution >= 4 is 17.4 Å². The van der Waals surface area contributed by atoms with Gasteiger partial charge in [0.1, 0.15) is 23.8 Å². The molecule has 0 radical (unpaired) electrons. The molecule has 3 aromatic rings. The number of aromatic nitrogens is 2. The summed E-state index contributed by atoms with van der Waals surface area (Å²) in [5.41, 5.74) is 2.74. The molecule has 0 unspecified atom stereocenters. The normalized spacial score (nSPS) is 13.6. The number of nitrogens with one attached hydrogen (secondary N) is 1. The third-order valence-corrected chi connectivity index (χ3v) is 4.58. The molecule has 2 aromatic heterocycles. The summed E-state index contributed by atoms with van der Waals surface area (Å²) in [5, 5.41) is 2.93. The first-order chi connectivity index (χ1) is 12.6. The summed E-state index contributed by atoms with van der Waals surface area (Å²) in [5.74, 6) is 2.41. The van der Waals surface area contributed by atoms with Gasteiger partial charge in [-0.25, -0.2) is 4.98 Å². The van der Waals surface area contributed by atoms with Crippen LogP contribution in [0.15, 0.2) is 42.6 Å². The molecule has 134 valence electrons. The molecule has 1 N–H and O–H groups in total. The van der Waals surface area contributed by atoms with Crippen molar-refractivity contribution in [3.8, 4) is 11.5 Å². The van der Waals surface area contributed by atoms with E-state index in [1.165, 1.54) is 0 Å². The van der Waals surface area contributed by atoms with Gasteiger partial charge < -0.3 is 14.8 Å². The van der Waals surface area contributed by atoms with Gasteiger partial charge in [0.25, 0.3) is 0 Å². The topological polar surface area (TPSA) is 64.9 Å². The Hall–Kier alpha value is -3.02. The molecule has 4 rings (SSSR count). The number of pyridine rings is 1. The van der Waals surface area contributed by atoms with E-state index < -0.39 is 0 Å². The maximum absolute atomic E-state index is 12.0. The number of aryl methyl sites for hydroxylation is 1. The van der Waals surface area contributed by atoms with E-state index in [1.807, 2.05) is 53.9 Å². The number of ether oxygens (including phenoxy) is 2. The minimum absolute atomic E-state index is 0.0625. The van der Waals surface area contributed by atoms with Crippen LogP contribution in [0.3, 0.4) is 0 Å². The third-order valence-electron chi connectivity index (χ3n) is 4.58. The molecule has 1 aliphatic carbocycles. The van der Waals surface area contributed by atoms with E-state index in [2.05, 4.69) is 10.3 Å². The number of hydrogen-bond donors (Lipinski definition) is 1. The number of benzene rings is 1. The molecule has 1 amide bonds. The maximum Gasteiger partial charge on any atom is 0.228 e. The fourth-order valence-electron chi connectivity index (χ4n) is 2.80. The zero-order valence-corrected chi connectivity index (χ0v) is 14.9. The van der Waals surface area contributed by atoms with Gasteiger partial charge in [-0.2, -0.15) is 0 Å². The monoisotopic (exact) mass is 351 g/mol. The zero-order chi connectivity index (χ0) is 18.1. The van der Waals surface area contributed by atoms with Gasteiger partial charge in [0.15, 0.2) is 5.82 Å². The van der Waals surface area contributed by atoms with E-state index in [0.29, 0.717) is 12.4 Å². The summed E-state index contributed by atoms with van der Waals surface area (Å²) in [6.45, 7) is 2.41. The number of carbonyl (C=O) groups is 1. The lowest BCUT2D eigenvalue weighted by Gasteiger charge is -2.08. The van der Waals surface area contributed by atoms with E-state index in [-0.39, 0.29) is 11.8 Å². The Kier molecular flexibility index (Phi) is 4.24. The molecule has 0 saturated heterocycles. The largest absolute Gasteiger partial charge is 0.497 e. The summed E-state index contributed by atoms with van der Waals surface area (Å²) < 4.78 is 13.0. The van der Waals surface area contributed by atoms with Gasteiger partial charge in [-0.15, -0.1) is 0 Å². The first-order valence-electron chi connectivity index (χ1n) is 8.69. The van der Waals surface area contributed by atoms with Crippen molar-refractivity contribution in [3.05, 3.63) is 53.9 Å². The van der Waals surface area contributed by atoms with Gasteiger partial charge in [-0.05, 0) is 49.6 Å². The average molecular weight is 351 g/mol. The summed E-state index contributed by atoms with van der Waals surface area (Å²) >= 11 is 0. The Labute approximate surface area is 151 Å². The van der Waals surface area contributed by atoms with Crippen LogP contribution in [0.4, 0.5) is 5.82 Å². The van der Waals surface area contributed by atoms with E-state index in [4.69, 9.17) is 9.47 Å². The fraction of sp³-hybridized carbons (Fsp3) is 0.300. The quantitative estimate of drug-likeness (QED) is 0.737. The fourth-order valence-corrected chi connectivity index (χ4v) is 2.80. The van der Waals surface area contributed by atoms with Crippen LogP contribution >= 0.6 is 0 Å². The van der Waals surface area contributed by atoms with Gasteiger partial charge in [-0.1, -0.05) is 12.1 Å². The molecular weight excluding hydrogens is 330 g/mol. The summed E-state index contributed by atoms with van der Waals surface area (Å²) in [6, 6.07) is 11.6. The Morgan fingerprint density at radius 1 is 1.19 bits per heavy atom. The minimum Gasteiger partial charge on any atom is -0.497 e. The number of hydrogen-bond acceptors (Lipinski definition) is 4. The number of methoxy groups -OCH3 is 1. The van der Waals surface area contributed by atoms with Crippen LogP contribution in [0, 0.1) is 12.8 Å². The van der Waals surface area contributed by atoms with Crippen molar-refractivity contribution in [2.24, 2.45) is 5.92 Å². The minimum atomic E-state index is 0.0625. The molecule has 0 spiro atoms. The van der Waals surface area contributed by atoms with Crippen LogP contribution in [0.25, 0.3) is 5.65 Å². The van der Waals surface area contributed by atoms with Gasteiger partial charge in [0, 0.05) is 5.92 Å². The SMILES string of the molecule is COc1ccc(COc2ccc3nc(NC(=O)C4CC4)c(C)n3c2)cc1. The maximum atomic E-state index is 12.0. The third kappa shape index (κ3) is 3.35. The molecule has 0 atom stereocenters. The standard InChI is InChI=1S/C20H21N3O3/c1-13-19(22-20(24)15-5-6-15)21-18-10-9-17(11-23(13)18)26-12-14-3-7-16(25-2)8-4-14/h3-4,7-11,15H,5-6,12H2,1-2H3,(H,22,24). The highest BCUT2D eigenvalue weighted by molar-refractivity contribution is 5.94. The Balaban J connectivity index is 1.49. The van der Waals surface area contributed by atoms with Crippen molar-refractivity contribution in [1.29, 1.82) is 0 Å². The molecule has 26 heavy (non-hydrogen) atoms. The summed E-state index contributed by atoms with van der Waals surface area (Å²) in [6.07, 6.45) is 3.84. The molecule has 6 nitrogen and oxygen atoms in total. The lowest BCUT2D eigenvalue weighted by Crippen LogP contribution is -2.14. The average Bonchev–Trinajstić information content (AvgIpc) is 3.47. The van der Waals surface area contributed by atoms with Crippen LogP contribution in [0.1, 0.15) is 24.1 Å². The highest BCUT2D eigenvalue weighted by Gasteiger charge is 2.30. The Morgan fingerprint density at radius 2 is 1.92 bits per heavy atom. The highest BCUT2D eigenvalue weighted by Crippen LogP contribution is 2.31. The summed E-state index contributed by atoms with van der Waals surface area (Å²) in [4.78, 5) is 16.5. The van der Waals surface area contributed by atoms with Crippen molar-refractivity contribution in [2.75, 3.05) is 12.4 Å². The zero-order valence-electron chi connectivity index (χ0n) is 14.9. The Morgan fingerprint density at radius 3 is 2.62 bits per heavy atom. The van der Waals surface area contributed by atoms with Gasteiger partial charge in [0.05, 0.1) is 19.0 Å². The van der Waals surface area contributed by atoms with E-state index >= 15 is 0 Å². The predicted octanol–water partition coefficient (Wildman–Crippen LogP) is 3.58. The van der Waals surface area contributed by atoms with Gasteiger partial charge >= 0.3 is 0 Å². The Bertz CT molecular complexity index is 943. The number of fused-ring (bicyclic) bond motifs is 1. The molecule has 2 heterocycles. The molecular formula is C20H21N3O3. The van der Waals surface area contributed by atoms with E-state index in [9.17, 15) is 4.79 Å². The number of anilines is 1. The first-order valence-corrected chi connectivity index (χ1v) is 8.69. The second-order valence-electron chi connectivity index (χ2n) is 6.54. The van der Waals surface area contributed by atoms with Gasteiger partial charge in [0.2, 0.25) is 5.91 Å². The number of imidazole rings is 1. The van der Waals surface area contributed by atoms with Crippen LogP contribution < -0.4 is 14.8 Å². The van der Waals surface area contributed by atoms with Gasteiger partial charge in [-0.3, -0.25) is 9.20 Å². The molecule has 1 fully saturated rings. The highest BCUT2D eigenvalue weighted by atomic mass is 16.5. The van der Waals surface area contributed by atoms with Crippen LogP contribution in [-0.4, -0.2) is 22.4 Å². The molecule has 0 aliphatic heterocycles. The lowest BCUT2D eigenvalue weighted by atomic mass is 10.2. The number of nitrogens with zero attached hydrogens (tertiary/aromatic N) is 2. The second-order valence-corrected chi connectivity index (χ2v) is 6.54. The van der Waals surface area contributed by atoms with Crippen molar-refractivity contribution in [2.45, 2.75) is 26.4 Å². The molecule has 0 bridgehead atoms. The predicted molar refractivity (Wildman–Crippen MR) is 98.6 cm³/mol. The molecule has 6 heteroatoms. The number of rotatable bonds is 6. The van der Waals surface area contributed by atoms with E-state index in [1.54, 1.807) is 7.11 Å². The van der Waals surface area contributed by atoms with E-state index in [0.717, 1.165) is 41.2 Å². The van der Waals surface area contributed by atoms with Crippen LogP contribution in [-0.2, 0) is 11.4 Å². The second kappa shape index (κ2) is 6.71. The molecule has 1 aromatic carbocycles. The van der Waals surface area contributed by atoms with Crippen LogP contribution in [0.2, 0.25) is 0 Å². The lowest BCUT2D eigenvalue weighted by molar-refractivity contribution is -0.117. The molecule has 1 saturated carbocycles. The van der Waals surface area contributed by atoms with Crippen molar-refractivity contribution < 1.29 is 14.3 Å². The van der Waals surface area contributed by atoms with Crippen molar-refractivity contribution in [1.82, 2.24) is 9.38 Å². The van der Waals surface area contributed by atoms with Crippen molar-refractivity contribution in [3.63, 3.8) is 0 Å². The first kappa shape index (κ1) is 16.4. The summed E-state index contributed by atoms with van der Waals surface area (Å²) in [7, 11) is 1.65. The number of amides is 1. The number of carbonyl (C=O) groups excluding carboxylic acids is 1. The smallest absolute Gasteiger partial charge is 0.228 e. The van der Waals surface area contributed by atoms with Crippen LogP contribution in [0.5, 0.6) is 11.5 Å². The molecule has 1 aliphatic rings.